The molecular formula is C27H30F3N9O4. The third kappa shape index (κ3) is 7.92. The van der Waals surface area contributed by atoms with E-state index in [4.69, 9.17) is 9.84 Å². The van der Waals surface area contributed by atoms with Crippen molar-refractivity contribution in [2.45, 2.75) is 19.6 Å². The second kappa shape index (κ2) is 13.4. The molecule has 1 fully saturated rings. The summed E-state index contributed by atoms with van der Waals surface area (Å²) in [6.45, 7) is 7.06. The van der Waals surface area contributed by atoms with E-state index in [2.05, 4.69) is 47.4 Å². The van der Waals surface area contributed by atoms with Crippen molar-refractivity contribution in [3.05, 3.63) is 59.9 Å². The van der Waals surface area contributed by atoms with Gasteiger partial charge < -0.3 is 30.7 Å². The van der Waals surface area contributed by atoms with Crippen LogP contribution in [0.25, 0.3) is 0 Å². The van der Waals surface area contributed by atoms with Crippen molar-refractivity contribution in [2.75, 3.05) is 55.8 Å². The highest BCUT2D eigenvalue weighted by Gasteiger charge is 2.35. The van der Waals surface area contributed by atoms with E-state index in [1.807, 2.05) is 0 Å². The predicted octanol–water partition coefficient (Wildman–Crippen LogP) is 2.85. The van der Waals surface area contributed by atoms with Gasteiger partial charge in [0.1, 0.15) is 23.8 Å². The van der Waals surface area contributed by atoms with Crippen molar-refractivity contribution >= 4 is 40.8 Å². The molecule has 2 amide bonds. The van der Waals surface area contributed by atoms with Crippen LogP contribution in [-0.4, -0.2) is 86.6 Å². The lowest BCUT2D eigenvalue weighted by Crippen LogP contribution is -2.49. The van der Waals surface area contributed by atoms with Gasteiger partial charge in [-0.15, -0.1) is 0 Å². The van der Waals surface area contributed by atoms with Crippen LogP contribution in [0.1, 0.15) is 16.7 Å². The molecule has 0 radical (unpaired) electrons. The minimum absolute atomic E-state index is 0.0431. The van der Waals surface area contributed by atoms with E-state index < -0.39 is 30.1 Å². The smallest absolute Gasteiger partial charge is 0.421 e. The molecule has 0 bridgehead atoms. The fourth-order valence-corrected chi connectivity index (χ4v) is 4.23. The third-order valence-corrected chi connectivity index (χ3v) is 6.50. The number of benzene rings is 1. The first-order chi connectivity index (χ1) is 20.5. The summed E-state index contributed by atoms with van der Waals surface area (Å²) in [4.78, 5) is 43.6. The highest BCUT2D eigenvalue weighted by atomic mass is 19.4. The number of nitrogens with zero attached hydrogens (tertiary/aromatic N) is 6. The maximum absolute atomic E-state index is 14.0. The number of aryl methyl sites for hydroxylation is 1. The summed E-state index contributed by atoms with van der Waals surface area (Å²) in [5, 5.41) is 17.2. The van der Waals surface area contributed by atoms with Gasteiger partial charge in [-0.25, -0.2) is 9.97 Å². The van der Waals surface area contributed by atoms with E-state index in [0.29, 0.717) is 44.5 Å². The molecule has 3 aromatic rings. The Labute approximate surface area is 244 Å². The van der Waals surface area contributed by atoms with Crippen LogP contribution in [0, 0.1) is 6.92 Å². The van der Waals surface area contributed by atoms with Gasteiger partial charge in [-0.2, -0.15) is 23.1 Å². The first kappa shape index (κ1) is 31.1. The number of hydrogen-bond donors (Lipinski definition) is 4. The number of amides is 2. The van der Waals surface area contributed by atoms with Crippen molar-refractivity contribution in [3.63, 3.8) is 0 Å². The summed E-state index contributed by atoms with van der Waals surface area (Å²) in [6, 6.07) is 4.93. The van der Waals surface area contributed by atoms with Crippen LogP contribution in [0.4, 0.5) is 42.1 Å². The van der Waals surface area contributed by atoms with Crippen LogP contribution in [0.3, 0.4) is 0 Å². The number of aliphatic hydroxyl groups is 1. The summed E-state index contributed by atoms with van der Waals surface area (Å²) >= 11 is 0. The number of rotatable bonds is 10. The van der Waals surface area contributed by atoms with Gasteiger partial charge in [-0.1, -0.05) is 12.6 Å². The van der Waals surface area contributed by atoms with E-state index in [1.54, 1.807) is 24.0 Å². The van der Waals surface area contributed by atoms with Gasteiger partial charge in [-0.05, 0) is 30.7 Å². The normalized spacial score (nSPS) is 13.8. The van der Waals surface area contributed by atoms with Crippen LogP contribution < -0.4 is 20.7 Å². The predicted molar refractivity (Wildman–Crippen MR) is 151 cm³/mol. The molecule has 13 nitrogen and oxygen atoms in total. The minimum atomic E-state index is -4.79. The standard InChI is InChI=1S/C27H30F3N9O4/c1-4-21(41)33-20-11-17(14-38-7-9-39(10-8-38)22(42)15-40)5-6-19(20)34-24-18(27(28,29)30)13-31-25(36-24)35-23-16(2)12-32-26(37-23)43-3/h4-6,11-13,40H,1,7-10,14-15H2,2-3H3,(H,33,41)(H2,31,32,34,35,36,37). The first-order valence-electron chi connectivity index (χ1n) is 13.0. The fourth-order valence-electron chi connectivity index (χ4n) is 4.23. The fraction of sp³-hybridized carbons (Fsp3) is 0.333. The number of aromatic nitrogens is 4. The van der Waals surface area contributed by atoms with Gasteiger partial charge in [-0.3, -0.25) is 14.5 Å². The minimum Gasteiger partial charge on any atom is -0.467 e. The number of ether oxygens (including phenoxy) is 1. The molecule has 1 aromatic carbocycles. The maximum atomic E-state index is 14.0. The van der Waals surface area contributed by atoms with Gasteiger partial charge in [0.25, 0.3) is 0 Å². The highest BCUT2D eigenvalue weighted by Crippen LogP contribution is 2.37. The number of carbonyl (C=O) groups is 2. The van der Waals surface area contributed by atoms with Crippen LogP contribution >= 0.6 is 0 Å². The molecule has 228 valence electrons. The Balaban J connectivity index is 1.62. The highest BCUT2D eigenvalue weighted by molar-refractivity contribution is 6.01. The zero-order chi connectivity index (χ0) is 31.1. The number of methoxy groups -OCH3 is 1. The number of alkyl halides is 3. The zero-order valence-electron chi connectivity index (χ0n) is 23.4. The molecule has 3 heterocycles. The molecule has 16 heteroatoms. The summed E-state index contributed by atoms with van der Waals surface area (Å²) < 4.78 is 46.9. The molecule has 4 rings (SSSR count). The van der Waals surface area contributed by atoms with Crippen molar-refractivity contribution in [3.8, 4) is 6.01 Å². The second-order valence-corrected chi connectivity index (χ2v) is 9.48. The molecule has 0 atom stereocenters. The molecule has 0 unspecified atom stereocenters. The summed E-state index contributed by atoms with van der Waals surface area (Å²) in [5.41, 5.74) is 0.559. The Morgan fingerprint density at radius 1 is 1.07 bits per heavy atom. The SMILES string of the molecule is C=CC(=O)Nc1cc(CN2CCN(C(=O)CO)CC2)ccc1Nc1nc(Nc2nc(OC)ncc2C)ncc1C(F)(F)F. The van der Waals surface area contributed by atoms with Crippen molar-refractivity contribution in [2.24, 2.45) is 0 Å². The van der Waals surface area contributed by atoms with Gasteiger partial charge in [0.2, 0.25) is 17.8 Å². The molecule has 4 N–H and O–H groups in total. The Bertz CT molecular complexity index is 1500. The Hall–Kier alpha value is -4.83. The maximum Gasteiger partial charge on any atom is 0.421 e. The Morgan fingerprint density at radius 3 is 2.47 bits per heavy atom. The van der Waals surface area contributed by atoms with Gasteiger partial charge >= 0.3 is 12.2 Å². The summed E-state index contributed by atoms with van der Waals surface area (Å²) in [6.07, 6.45) is -1.63. The monoisotopic (exact) mass is 601 g/mol. The number of halogens is 3. The Kier molecular flexibility index (Phi) is 9.72. The zero-order valence-corrected chi connectivity index (χ0v) is 23.4. The number of nitrogens with one attached hydrogen (secondary N) is 3. The number of piperazine rings is 1. The van der Waals surface area contributed by atoms with Gasteiger partial charge in [0.05, 0.1) is 18.5 Å². The molecule has 1 aliphatic heterocycles. The van der Waals surface area contributed by atoms with E-state index in [9.17, 15) is 22.8 Å². The van der Waals surface area contributed by atoms with Gasteiger partial charge in [0.15, 0.2) is 0 Å². The molecular weight excluding hydrogens is 571 g/mol. The van der Waals surface area contributed by atoms with E-state index in [0.717, 1.165) is 11.6 Å². The number of anilines is 5. The van der Waals surface area contributed by atoms with E-state index in [1.165, 1.54) is 19.4 Å². The number of aliphatic hydroxyl groups excluding tert-OH is 1. The van der Waals surface area contributed by atoms with Crippen molar-refractivity contribution in [1.82, 2.24) is 29.7 Å². The molecule has 2 aromatic heterocycles. The molecule has 0 aliphatic carbocycles. The Morgan fingerprint density at radius 2 is 1.81 bits per heavy atom. The molecule has 43 heavy (non-hydrogen) atoms. The van der Waals surface area contributed by atoms with Crippen LogP contribution in [0.2, 0.25) is 0 Å². The lowest BCUT2D eigenvalue weighted by Gasteiger charge is -2.34. The third-order valence-electron chi connectivity index (χ3n) is 6.50. The summed E-state index contributed by atoms with van der Waals surface area (Å²) in [7, 11) is 1.38. The molecule has 1 saturated heterocycles. The lowest BCUT2D eigenvalue weighted by molar-refractivity contribution is -0.137. The van der Waals surface area contributed by atoms with Crippen molar-refractivity contribution < 1.29 is 32.6 Å². The lowest BCUT2D eigenvalue weighted by atomic mass is 10.1. The molecule has 0 spiro atoms. The van der Waals surface area contributed by atoms with E-state index >= 15 is 0 Å². The second-order valence-electron chi connectivity index (χ2n) is 9.48. The first-order valence-corrected chi connectivity index (χ1v) is 13.0. The molecule has 0 saturated carbocycles. The summed E-state index contributed by atoms with van der Waals surface area (Å²) in [5.74, 6) is -1.40. The van der Waals surface area contributed by atoms with Crippen LogP contribution in [0.15, 0.2) is 43.2 Å². The number of carbonyl (C=O) groups excluding carboxylic acids is 2. The van der Waals surface area contributed by atoms with Crippen LogP contribution in [-0.2, 0) is 22.3 Å². The van der Waals surface area contributed by atoms with Gasteiger partial charge in [0, 0.05) is 50.7 Å². The quantitative estimate of drug-likeness (QED) is 0.253. The van der Waals surface area contributed by atoms with Crippen molar-refractivity contribution in [1.29, 1.82) is 0 Å². The van der Waals surface area contributed by atoms with E-state index in [-0.39, 0.29) is 35.1 Å². The number of hydrogen-bond acceptors (Lipinski definition) is 11. The topological polar surface area (TPSA) is 158 Å². The largest absolute Gasteiger partial charge is 0.467 e. The average molecular weight is 602 g/mol. The molecule has 1 aliphatic rings. The average Bonchev–Trinajstić information content (AvgIpc) is 2.99. The van der Waals surface area contributed by atoms with Crippen LogP contribution in [0.5, 0.6) is 6.01 Å².